The van der Waals surface area contributed by atoms with Crippen LogP contribution in [0.3, 0.4) is 0 Å². The second kappa shape index (κ2) is 7.00. The lowest BCUT2D eigenvalue weighted by Crippen LogP contribution is -2.42. The Hall–Kier alpha value is -2.19. The molecule has 2 aromatic rings. The van der Waals surface area contributed by atoms with E-state index in [0.29, 0.717) is 30.9 Å². The zero-order valence-corrected chi connectivity index (χ0v) is 16.9. The first-order valence-electron chi connectivity index (χ1n) is 9.57. The second-order valence-electron chi connectivity index (χ2n) is 7.62. The predicted molar refractivity (Wildman–Crippen MR) is 104 cm³/mol. The number of benzene rings is 1. The number of hydrogen-bond acceptors (Lipinski definition) is 3. The number of carbonyl (C=O) groups excluding carboxylic acids is 1. The quantitative estimate of drug-likeness (QED) is 0.789. The zero-order chi connectivity index (χ0) is 20.1. The van der Waals surface area contributed by atoms with E-state index in [-0.39, 0.29) is 22.7 Å². The molecule has 1 amide bonds. The summed E-state index contributed by atoms with van der Waals surface area (Å²) < 4.78 is 42.3. The standard InChI is InChI=1S/C20H24FN3O3S/c1-14-5-6-15-11-16(21)7-8-18(15)24(14)20(25)19-12-17(13-22(19)2)28(26,27)23-9-3-4-10-23/h7-8,11-14H,3-6,9-10H2,1-2H3/t14-/m0/s1. The third-order valence-electron chi connectivity index (χ3n) is 5.69. The summed E-state index contributed by atoms with van der Waals surface area (Å²) in [4.78, 5) is 15.1. The van der Waals surface area contributed by atoms with Crippen LogP contribution >= 0.6 is 0 Å². The minimum atomic E-state index is -3.59. The highest BCUT2D eigenvalue weighted by Gasteiger charge is 2.33. The molecule has 8 heteroatoms. The molecular weight excluding hydrogens is 381 g/mol. The number of hydrogen-bond donors (Lipinski definition) is 0. The van der Waals surface area contributed by atoms with Gasteiger partial charge < -0.3 is 9.47 Å². The third-order valence-corrected chi connectivity index (χ3v) is 7.56. The number of aryl methyl sites for hydroxylation is 2. The molecule has 0 bridgehead atoms. The Morgan fingerprint density at radius 3 is 2.61 bits per heavy atom. The van der Waals surface area contributed by atoms with Gasteiger partial charge in [0.1, 0.15) is 16.4 Å². The van der Waals surface area contributed by atoms with E-state index in [2.05, 4.69) is 0 Å². The van der Waals surface area contributed by atoms with Crippen molar-refractivity contribution in [1.82, 2.24) is 8.87 Å². The van der Waals surface area contributed by atoms with Crippen molar-refractivity contribution in [2.45, 2.75) is 43.5 Å². The summed E-state index contributed by atoms with van der Waals surface area (Å²) >= 11 is 0. The summed E-state index contributed by atoms with van der Waals surface area (Å²) in [7, 11) is -1.92. The van der Waals surface area contributed by atoms with E-state index in [1.807, 2.05) is 6.92 Å². The molecule has 0 aliphatic carbocycles. The van der Waals surface area contributed by atoms with E-state index in [1.54, 1.807) is 22.6 Å². The summed E-state index contributed by atoms with van der Waals surface area (Å²) in [5.74, 6) is -0.594. The molecule has 2 aliphatic heterocycles. The van der Waals surface area contributed by atoms with Gasteiger partial charge in [0.25, 0.3) is 5.91 Å². The van der Waals surface area contributed by atoms with Crippen molar-refractivity contribution < 1.29 is 17.6 Å². The van der Waals surface area contributed by atoms with Crippen LogP contribution in [0.1, 0.15) is 42.2 Å². The van der Waals surface area contributed by atoms with Crippen LogP contribution in [0.25, 0.3) is 0 Å². The number of sulfonamides is 1. The molecule has 0 radical (unpaired) electrons. The van der Waals surface area contributed by atoms with E-state index in [0.717, 1.165) is 24.8 Å². The average molecular weight is 405 g/mol. The van der Waals surface area contributed by atoms with E-state index in [1.165, 1.54) is 28.7 Å². The molecular formula is C20H24FN3O3S. The van der Waals surface area contributed by atoms with Crippen molar-refractivity contribution in [2.24, 2.45) is 7.05 Å². The minimum Gasteiger partial charge on any atom is -0.345 e. The molecule has 1 saturated heterocycles. The lowest BCUT2D eigenvalue weighted by atomic mass is 9.96. The van der Waals surface area contributed by atoms with Crippen molar-refractivity contribution in [3.05, 3.63) is 47.5 Å². The smallest absolute Gasteiger partial charge is 0.275 e. The molecule has 150 valence electrons. The van der Waals surface area contributed by atoms with Crippen LogP contribution in [0.4, 0.5) is 10.1 Å². The van der Waals surface area contributed by atoms with E-state index in [4.69, 9.17) is 0 Å². The summed E-state index contributed by atoms with van der Waals surface area (Å²) in [5.41, 5.74) is 1.79. The molecule has 4 rings (SSSR count). The van der Waals surface area contributed by atoms with Crippen LogP contribution < -0.4 is 4.90 Å². The highest BCUT2D eigenvalue weighted by Crippen LogP contribution is 2.33. The fourth-order valence-corrected chi connectivity index (χ4v) is 5.71. The molecule has 0 unspecified atom stereocenters. The van der Waals surface area contributed by atoms with Crippen molar-refractivity contribution in [2.75, 3.05) is 18.0 Å². The number of nitrogens with zero attached hydrogens (tertiary/aromatic N) is 3. The van der Waals surface area contributed by atoms with Gasteiger partial charge in [0.15, 0.2) is 0 Å². The van der Waals surface area contributed by atoms with Crippen molar-refractivity contribution >= 4 is 21.6 Å². The predicted octanol–water partition coefficient (Wildman–Crippen LogP) is 2.93. The SMILES string of the molecule is C[C@H]1CCc2cc(F)ccc2N1C(=O)c1cc(S(=O)(=O)N2CCCC2)cn1C. The van der Waals surface area contributed by atoms with Crippen LogP contribution in [-0.2, 0) is 23.5 Å². The molecule has 28 heavy (non-hydrogen) atoms. The van der Waals surface area contributed by atoms with Crippen LogP contribution in [-0.4, -0.2) is 42.3 Å². The van der Waals surface area contributed by atoms with E-state index < -0.39 is 10.0 Å². The average Bonchev–Trinajstić information content (AvgIpc) is 3.31. The van der Waals surface area contributed by atoms with Gasteiger partial charge in [0, 0.05) is 38.1 Å². The first-order valence-corrected chi connectivity index (χ1v) is 11.0. The topological polar surface area (TPSA) is 62.6 Å². The molecule has 0 spiro atoms. The van der Waals surface area contributed by atoms with Gasteiger partial charge >= 0.3 is 0 Å². The van der Waals surface area contributed by atoms with Crippen molar-refractivity contribution in [3.8, 4) is 0 Å². The third kappa shape index (κ3) is 3.14. The number of amides is 1. The number of aromatic nitrogens is 1. The van der Waals surface area contributed by atoms with Gasteiger partial charge in [-0.05, 0) is 62.4 Å². The summed E-state index contributed by atoms with van der Waals surface area (Å²) in [6.45, 7) is 2.99. The largest absolute Gasteiger partial charge is 0.345 e. The second-order valence-corrected chi connectivity index (χ2v) is 9.56. The Balaban J connectivity index is 1.71. The molecule has 1 aromatic heterocycles. The highest BCUT2D eigenvalue weighted by molar-refractivity contribution is 7.89. The Bertz CT molecular complexity index is 1030. The number of rotatable bonds is 3. The monoisotopic (exact) mass is 405 g/mol. The lowest BCUT2D eigenvalue weighted by Gasteiger charge is -2.35. The molecule has 1 fully saturated rings. The first-order chi connectivity index (χ1) is 13.3. The van der Waals surface area contributed by atoms with E-state index >= 15 is 0 Å². The Morgan fingerprint density at radius 1 is 1.18 bits per heavy atom. The molecule has 0 saturated carbocycles. The Kier molecular flexibility index (Phi) is 4.79. The Labute approximate surface area is 164 Å². The molecule has 1 atom stereocenters. The number of anilines is 1. The van der Waals surface area contributed by atoms with Crippen LogP contribution in [0.15, 0.2) is 35.4 Å². The molecule has 6 nitrogen and oxygen atoms in total. The van der Waals surface area contributed by atoms with E-state index in [9.17, 15) is 17.6 Å². The fraction of sp³-hybridized carbons (Fsp3) is 0.450. The molecule has 0 N–H and O–H groups in total. The van der Waals surface area contributed by atoms with Crippen LogP contribution in [0, 0.1) is 5.82 Å². The van der Waals surface area contributed by atoms with Gasteiger partial charge in [-0.1, -0.05) is 0 Å². The number of carbonyl (C=O) groups is 1. The maximum absolute atomic E-state index is 13.6. The van der Waals surface area contributed by atoms with Gasteiger partial charge in [0.05, 0.1) is 0 Å². The fourth-order valence-electron chi connectivity index (χ4n) is 4.12. The van der Waals surface area contributed by atoms with Crippen molar-refractivity contribution in [3.63, 3.8) is 0 Å². The number of fused-ring (bicyclic) bond motifs is 1. The molecule has 2 aliphatic rings. The first kappa shape index (κ1) is 19.1. The van der Waals surface area contributed by atoms with Gasteiger partial charge in [0.2, 0.25) is 10.0 Å². The Morgan fingerprint density at radius 2 is 1.89 bits per heavy atom. The van der Waals surface area contributed by atoms with Gasteiger partial charge in [-0.2, -0.15) is 4.31 Å². The van der Waals surface area contributed by atoms with Gasteiger partial charge in [-0.15, -0.1) is 0 Å². The summed E-state index contributed by atoms with van der Waals surface area (Å²) in [6, 6.07) is 5.85. The van der Waals surface area contributed by atoms with Crippen LogP contribution in [0.2, 0.25) is 0 Å². The minimum absolute atomic E-state index is 0.0565. The van der Waals surface area contributed by atoms with Gasteiger partial charge in [-0.3, -0.25) is 4.79 Å². The maximum Gasteiger partial charge on any atom is 0.275 e. The maximum atomic E-state index is 13.6. The zero-order valence-electron chi connectivity index (χ0n) is 16.1. The summed E-state index contributed by atoms with van der Waals surface area (Å²) in [5, 5.41) is 0. The van der Waals surface area contributed by atoms with Crippen molar-refractivity contribution in [1.29, 1.82) is 0 Å². The normalized spacial score (nSPS) is 20.4. The van der Waals surface area contributed by atoms with Gasteiger partial charge in [-0.25, -0.2) is 12.8 Å². The highest BCUT2D eigenvalue weighted by atomic mass is 32.2. The van der Waals surface area contributed by atoms with Crippen LogP contribution in [0.5, 0.6) is 0 Å². The molecule has 3 heterocycles. The molecule has 1 aromatic carbocycles. The lowest BCUT2D eigenvalue weighted by molar-refractivity contribution is 0.0967. The number of halogens is 1. The summed E-state index contributed by atoms with van der Waals surface area (Å²) in [6.07, 6.45) is 4.65.